The quantitative estimate of drug-likeness (QED) is 0.466. The molecule has 0 aliphatic rings. The molecule has 3 rings (SSSR count). The molecule has 1 aromatic heterocycles. The first-order valence-corrected chi connectivity index (χ1v) is 11.9. The lowest BCUT2D eigenvalue weighted by molar-refractivity contribution is -0.121. The lowest BCUT2D eigenvalue weighted by atomic mass is 10.1. The molecule has 0 spiro atoms. The zero-order valence-corrected chi connectivity index (χ0v) is 19.1. The van der Waals surface area contributed by atoms with E-state index in [0.29, 0.717) is 12.4 Å². The summed E-state index contributed by atoms with van der Waals surface area (Å²) in [6, 6.07) is 18.9. The van der Waals surface area contributed by atoms with Crippen LogP contribution < -0.4 is 14.8 Å². The number of aromatic nitrogens is 1. The van der Waals surface area contributed by atoms with Crippen LogP contribution in [0.4, 0.5) is 0 Å². The van der Waals surface area contributed by atoms with E-state index in [9.17, 15) is 13.2 Å². The van der Waals surface area contributed by atoms with Gasteiger partial charge in [0, 0.05) is 19.2 Å². The second-order valence-electron chi connectivity index (χ2n) is 7.05. The Hall–Kier alpha value is -2.94. The van der Waals surface area contributed by atoms with Gasteiger partial charge in [-0.25, -0.2) is 13.1 Å². The Balaban J connectivity index is 1.49. The van der Waals surface area contributed by atoms with Crippen molar-refractivity contribution in [1.29, 1.82) is 0 Å². The predicted octanol–water partition coefficient (Wildman–Crippen LogP) is 3.86. The van der Waals surface area contributed by atoms with Crippen LogP contribution in [0.1, 0.15) is 30.6 Å². The minimum Gasteiger partial charge on any atom is -0.487 e. The van der Waals surface area contributed by atoms with Gasteiger partial charge in [0.15, 0.2) is 0 Å². The van der Waals surface area contributed by atoms with Crippen molar-refractivity contribution in [1.82, 2.24) is 15.0 Å². The number of sulfonamides is 1. The average Bonchev–Trinajstić information content (AvgIpc) is 2.78. The minimum atomic E-state index is -3.79. The summed E-state index contributed by atoms with van der Waals surface area (Å²) in [7, 11) is -3.79. The third kappa shape index (κ3) is 6.78. The van der Waals surface area contributed by atoms with Crippen LogP contribution in [0, 0.1) is 0 Å². The molecule has 0 radical (unpaired) electrons. The highest BCUT2D eigenvalue weighted by Crippen LogP contribution is 2.21. The van der Waals surface area contributed by atoms with Crippen LogP contribution in [0.15, 0.2) is 77.8 Å². The number of halogens is 1. The first-order valence-electron chi connectivity index (χ1n) is 10.0. The molecule has 0 saturated carbocycles. The van der Waals surface area contributed by atoms with Crippen LogP contribution in [-0.2, 0) is 21.4 Å². The maximum Gasteiger partial charge on any atom is 0.242 e. The highest BCUT2D eigenvalue weighted by Gasteiger charge is 2.18. The number of ether oxygens (including phenoxy) is 1. The monoisotopic (exact) mass is 473 g/mol. The summed E-state index contributed by atoms with van der Waals surface area (Å²) in [4.78, 5) is 16.5. The van der Waals surface area contributed by atoms with Crippen molar-refractivity contribution in [2.75, 3.05) is 6.54 Å². The topological polar surface area (TPSA) is 97.4 Å². The van der Waals surface area contributed by atoms with Crippen molar-refractivity contribution in [2.45, 2.75) is 30.9 Å². The molecule has 0 aliphatic heterocycles. The maximum absolute atomic E-state index is 12.3. The minimum absolute atomic E-state index is 0.0100. The van der Waals surface area contributed by atoms with Gasteiger partial charge >= 0.3 is 0 Å². The fourth-order valence-corrected chi connectivity index (χ4v) is 4.50. The largest absolute Gasteiger partial charge is 0.487 e. The van der Waals surface area contributed by atoms with E-state index in [1.165, 1.54) is 12.1 Å². The third-order valence-electron chi connectivity index (χ3n) is 4.62. The molecular weight excluding hydrogens is 450 g/mol. The van der Waals surface area contributed by atoms with E-state index in [1.807, 2.05) is 49.4 Å². The maximum atomic E-state index is 12.3. The van der Waals surface area contributed by atoms with Gasteiger partial charge in [-0.15, -0.1) is 0 Å². The molecule has 1 amide bonds. The van der Waals surface area contributed by atoms with Crippen molar-refractivity contribution in [3.63, 3.8) is 0 Å². The average molecular weight is 474 g/mol. The van der Waals surface area contributed by atoms with Crippen molar-refractivity contribution in [2.24, 2.45) is 0 Å². The Morgan fingerprint density at radius 1 is 1.09 bits per heavy atom. The normalized spacial score (nSPS) is 12.2. The standard InChI is InChI=1S/C23H24ClN3O4S/c1-17(18-7-6-9-20(15-18)31-16-19-8-4-5-13-25-19)27-23(28)12-14-26-32(29,30)22-11-3-2-10-21(22)24/h2-11,13,15,17,26H,12,14,16H2,1H3,(H,27,28). The van der Waals surface area contributed by atoms with Gasteiger partial charge in [-0.3, -0.25) is 9.78 Å². The van der Waals surface area contributed by atoms with Gasteiger partial charge in [0.25, 0.3) is 0 Å². The molecule has 0 saturated heterocycles. The summed E-state index contributed by atoms with van der Waals surface area (Å²) in [5.41, 5.74) is 1.69. The number of pyridine rings is 1. The summed E-state index contributed by atoms with van der Waals surface area (Å²) in [5, 5.41) is 2.99. The van der Waals surface area contributed by atoms with Gasteiger partial charge in [-0.1, -0.05) is 41.9 Å². The molecule has 2 aromatic carbocycles. The summed E-state index contributed by atoms with van der Waals surface area (Å²) < 4.78 is 32.8. The Morgan fingerprint density at radius 3 is 2.62 bits per heavy atom. The van der Waals surface area contributed by atoms with E-state index in [4.69, 9.17) is 16.3 Å². The Morgan fingerprint density at radius 2 is 1.88 bits per heavy atom. The molecule has 0 bridgehead atoms. The highest BCUT2D eigenvalue weighted by molar-refractivity contribution is 7.89. The molecular formula is C23H24ClN3O4S. The second kappa shape index (κ2) is 11.1. The van der Waals surface area contributed by atoms with E-state index in [-0.39, 0.29) is 34.8 Å². The zero-order chi connectivity index (χ0) is 23.0. The van der Waals surface area contributed by atoms with Crippen LogP contribution in [-0.4, -0.2) is 25.9 Å². The lowest BCUT2D eigenvalue weighted by Crippen LogP contribution is -2.32. The number of nitrogens with one attached hydrogen (secondary N) is 2. The Bertz CT molecular complexity index is 1160. The number of rotatable bonds is 10. The fraction of sp³-hybridized carbons (Fsp3) is 0.217. The number of hydrogen-bond acceptors (Lipinski definition) is 5. The van der Waals surface area contributed by atoms with Crippen LogP contribution in [0.2, 0.25) is 5.02 Å². The van der Waals surface area contributed by atoms with Gasteiger partial charge in [-0.05, 0) is 48.9 Å². The van der Waals surface area contributed by atoms with Crippen molar-refractivity contribution in [3.8, 4) is 5.75 Å². The smallest absolute Gasteiger partial charge is 0.242 e. The van der Waals surface area contributed by atoms with Crippen LogP contribution in [0.25, 0.3) is 0 Å². The van der Waals surface area contributed by atoms with E-state index in [2.05, 4.69) is 15.0 Å². The molecule has 9 heteroatoms. The molecule has 1 atom stereocenters. The lowest BCUT2D eigenvalue weighted by Gasteiger charge is -2.16. The van der Waals surface area contributed by atoms with Crippen LogP contribution in [0.3, 0.4) is 0 Å². The number of carbonyl (C=O) groups is 1. The Kier molecular flexibility index (Phi) is 8.21. The molecule has 7 nitrogen and oxygen atoms in total. The van der Waals surface area contributed by atoms with Crippen molar-refractivity contribution >= 4 is 27.5 Å². The summed E-state index contributed by atoms with van der Waals surface area (Å²) in [6.07, 6.45) is 1.70. The van der Waals surface area contributed by atoms with Crippen molar-refractivity contribution in [3.05, 3.63) is 89.2 Å². The molecule has 2 N–H and O–H groups in total. The Labute approximate surface area is 192 Å². The summed E-state index contributed by atoms with van der Waals surface area (Å²) in [6.45, 7) is 2.15. The zero-order valence-electron chi connectivity index (χ0n) is 17.5. The van der Waals surface area contributed by atoms with E-state index in [0.717, 1.165) is 11.3 Å². The van der Waals surface area contributed by atoms with Crippen LogP contribution >= 0.6 is 11.6 Å². The first kappa shape index (κ1) is 23.7. The molecule has 3 aromatic rings. The number of carbonyl (C=O) groups excluding carboxylic acids is 1. The molecule has 1 heterocycles. The van der Waals surface area contributed by atoms with Crippen LogP contribution in [0.5, 0.6) is 5.75 Å². The molecule has 0 fully saturated rings. The fourth-order valence-electron chi connectivity index (χ4n) is 2.95. The number of amides is 1. The van der Waals surface area contributed by atoms with E-state index < -0.39 is 10.0 Å². The second-order valence-corrected chi connectivity index (χ2v) is 9.19. The SMILES string of the molecule is CC(NC(=O)CCNS(=O)(=O)c1ccccc1Cl)c1cccc(OCc2ccccn2)c1. The van der Waals surface area contributed by atoms with Gasteiger partial charge < -0.3 is 10.1 Å². The van der Waals surface area contributed by atoms with Gasteiger partial charge in [-0.2, -0.15) is 0 Å². The third-order valence-corrected chi connectivity index (χ3v) is 6.58. The van der Waals surface area contributed by atoms with Gasteiger partial charge in [0.05, 0.1) is 16.8 Å². The number of nitrogens with zero attached hydrogens (tertiary/aromatic N) is 1. The van der Waals surface area contributed by atoms with E-state index in [1.54, 1.807) is 18.3 Å². The molecule has 168 valence electrons. The molecule has 0 aliphatic carbocycles. The van der Waals surface area contributed by atoms with Gasteiger partial charge in [0.2, 0.25) is 15.9 Å². The predicted molar refractivity (Wildman–Crippen MR) is 123 cm³/mol. The van der Waals surface area contributed by atoms with Crippen molar-refractivity contribution < 1.29 is 17.9 Å². The summed E-state index contributed by atoms with van der Waals surface area (Å²) in [5.74, 6) is 0.390. The molecule has 32 heavy (non-hydrogen) atoms. The molecule has 1 unspecified atom stereocenters. The van der Waals surface area contributed by atoms with Gasteiger partial charge in [0.1, 0.15) is 17.3 Å². The first-order chi connectivity index (χ1) is 15.3. The van der Waals surface area contributed by atoms with E-state index >= 15 is 0 Å². The number of hydrogen-bond donors (Lipinski definition) is 2. The number of benzene rings is 2. The summed E-state index contributed by atoms with van der Waals surface area (Å²) >= 11 is 5.94. The highest BCUT2D eigenvalue weighted by atomic mass is 35.5.